The van der Waals surface area contributed by atoms with Crippen molar-refractivity contribution < 1.29 is 35.9 Å². The topological polar surface area (TPSA) is 68.1 Å². The van der Waals surface area contributed by atoms with Crippen LogP contribution in [0, 0.1) is 0 Å². The van der Waals surface area contributed by atoms with E-state index in [1.165, 1.54) is 0 Å². The van der Waals surface area contributed by atoms with Gasteiger partial charge in [0.15, 0.2) is 0 Å². The van der Waals surface area contributed by atoms with Crippen molar-refractivity contribution in [2.45, 2.75) is 31.4 Å². The molecule has 1 aromatic heterocycles. The number of halogens is 7. The summed E-state index contributed by atoms with van der Waals surface area (Å²) in [5, 5.41) is 0.841. The molecule has 0 aliphatic rings. The molecule has 0 fully saturated rings. The van der Waals surface area contributed by atoms with Crippen LogP contribution in [0.4, 0.5) is 26.3 Å². The largest absolute Gasteiger partial charge is 0.460 e. The van der Waals surface area contributed by atoms with Gasteiger partial charge in [0.05, 0.1) is 11.1 Å². The smallest absolute Gasteiger partial charge is 0.416 e. The third-order valence-electron chi connectivity index (χ3n) is 4.45. The van der Waals surface area contributed by atoms with E-state index in [-0.39, 0.29) is 24.9 Å². The number of benzene rings is 2. The molecule has 168 valence electrons. The zero-order chi connectivity index (χ0) is 22.1. The van der Waals surface area contributed by atoms with Crippen molar-refractivity contribution in [1.82, 2.24) is 4.98 Å². The van der Waals surface area contributed by atoms with Crippen molar-refractivity contribution in [2.24, 2.45) is 5.73 Å². The van der Waals surface area contributed by atoms with Crippen LogP contribution < -0.4 is 5.73 Å². The maximum absolute atomic E-state index is 12.9. The number of nitrogens with two attached hydrogens (primary N) is 1. The lowest BCUT2D eigenvalue weighted by Gasteiger charge is -2.15. The molecule has 4 nitrogen and oxygen atoms in total. The molecule has 1 atom stereocenters. The monoisotopic (exact) mass is 466 g/mol. The molecule has 0 bridgehead atoms. The number of carbonyl (C=O) groups is 1. The van der Waals surface area contributed by atoms with Gasteiger partial charge in [-0.1, -0.05) is 18.2 Å². The van der Waals surface area contributed by atoms with Crippen LogP contribution in [0.3, 0.4) is 0 Å². The van der Waals surface area contributed by atoms with Crippen molar-refractivity contribution in [2.75, 3.05) is 0 Å². The number of hydrogen-bond acceptors (Lipinski definition) is 3. The lowest BCUT2D eigenvalue weighted by atomic mass is 10.0. The molecule has 3 rings (SSSR count). The molecule has 0 aliphatic carbocycles. The number of aromatic amines is 1. The van der Waals surface area contributed by atoms with Gasteiger partial charge in [-0.3, -0.25) is 4.79 Å². The maximum Gasteiger partial charge on any atom is 0.416 e. The average Bonchev–Trinajstić information content (AvgIpc) is 3.07. The quantitative estimate of drug-likeness (QED) is 0.399. The SMILES string of the molecule is Cl.NC(Cc1c[nH]c2ccccc12)C(=O)OCc1cc(C(F)(F)F)cc(C(F)(F)F)c1. The summed E-state index contributed by atoms with van der Waals surface area (Å²) in [5.74, 6) is -0.939. The fraction of sp³-hybridized carbons (Fsp3) is 0.250. The minimum atomic E-state index is -4.98. The number of aromatic nitrogens is 1. The Morgan fingerprint density at radius 2 is 1.58 bits per heavy atom. The summed E-state index contributed by atoms with van der Waals surface area (Å²) in [4.78, 5) is 15.2. The number of hydrogen-bond donors (Lipinski definition) is 2. The summed E-state index contributed by atoms with van der Waals surface area (Å²) in [7, 11) is 0. The highest BCUT2D eigenvalue weighted by Gasteiger charge is 2.37. The Labute approximate surface area is 178 Å². The number of rotatable bonds is 5. The predicted octanol–water partition coefficient (Wildman–Crippen LogP) is 5.24. The van der Waals surface area contributed by atoms with Crippen LogP contribution in [-0.4, -0.2) is 17.0 Å². The number of H-pyrrole nitrogens is 1. The summed E-state index contributed by atoms with van der Waals surface area (Å²) in [6.45, 7) is -0.770. The summed E-state index contributed by atoms with van der Waals surface area (Å²) >= 11 is 0. The summed E-state index contributed by atoms with van der Waals surface area (Å²) in [6, 6.07) is 7.15. The molecule has 31 heavy (non-hydrogen) atoms. The summed E-state index contributed by atoms with van der Waals surface area (Å²) in [5.41, 5.74) is 3.97. The molecule has 0 amide bonds. The van der Waals surface area contributed by atoms with E-state index in [1.807, 2.05) is 18.2 Å². The van der Waals surface area contributed by atoms with Crippen molar-refractivity contribution in [3.05, 3.63) is 70.9 Å². The Bertz CT molecular complexity index is 1030. The number of nitrogens with one attached hydrogen (secondary N) is 1. The minimum absolute atomic E-state index is 0. The van der Waals surface area contributed by atoms with Crippen molar-refractivity contribution in [3.63, 3.8) is 0 Å². The van der Waals surface area contributed by atoms with Crippen LogP contribution in [0.25, 0.3) is 10.9 Å². The molecule has 0 saturated carbocycles. The molecule has 1 heterocycles. The van der Waals surface area contributed by atoms with E-state index in [2.05, 4.69) is 4.98 Å². The van der Waals surface area contributed by atoms with Gasteiger partial charge >= 0.3 is 18.3 Å². The maximum atomic E-state index is 12.9. The fourth-order valence-corrected chi connectivity index (χ4v) is 2.98. The van der Waals surface area contributed by atoms with Crippen LogP contribution in [0.1, 0.15) is 22.3 Å². The molecule has 0 aliphatic heterocycles. The molecule has 3 aromatic rings. The van der Waals surface area contributed by atoms with E-state index in [4.69, 9.17) is 10.5 Å². The molecule has 0 saturated heterocycles. The second kappa shape index (κ2) is 9.19. The van der Waals surface area contributed by atoms with Gasteiger partial charge in [-0.25, -0.2) is 0 Å². The van der Waals surface area contributed by atoms with Crippen molar-refractivity contribution in [1.29, 1.82) is 0 Å². The number of para-hydroxylation sites is 1. The first-order valence-corrected chi connectivity index (χ1v) is 8.70. The van der Waals surface area contributed by atoms with Crippen LogP contribution in [-0.2, 0) is 34.9 Å². The minimum Gasteiger partial charge on any atom is -0.460 e. The number of alkyl halides is 6. The number of esters is 1. The van der Waals surface area contributed by atoms with Crippen LogP contribution in [0.5, 0.6) is 0 Å². The van der Waals surface area contributed by atoms with Crippen molar-refractivity contribution in [3.8, 4) is 0 Å². The average molecular weight is 467 g/mol. The second-order valence-electron chi connectivity index (χ2n) is 6.69. The Morgan fingerprint density at radius 1 is 1.00 bits per heavy atom. The van der Waals surface area contributed by atoms with Gasteiger partial charge in [0.1, 0.15) is 12.6 Å². The van der Waals surface area contributed by atoms with Gasteiger partial charge in [0, 0.05) is 23.5 Å². The normalized spacial score (nSPS) is 13.0. The van der Waals surface area contributed by atoms with Gasteiger partial charge in [0.25, 0.3) is 0 Å². The van der Waals surface area contributed by atoms with Gasteiger partial charge in [-0.15, -0.1) is 12.4 Å². The number of carbonyl (C=O) groups excluding carboxylic acids is 1. The lowest BCUT2D eigenvalue weighted by molar-refractivity contribution is -0.146. The Balaban J connectivity index is 0.00000341. The number of fused-ring (bicyclic) bond motifs is 1. The van der Waals surface area contributed by atoms with E-state index in [0.717, 1.165) is 16.5 Å². The van der Waals surface area contributed by atoms with Gasteiger partial charge in [0.2, 0.25) is 0 Å². The van der Waals surface area contributed by atoms with Crippen LogP contribution in [0.15, 0.2) is 48.7 Å². The first-order chi connectivity index (χ1) is 13.9. The highest BCUT2D eigenvalue weighted by Crippen LogP contribution is 2.36. The molecule has 2 aromatic carbocycles. The van der Waals surface area contributed by atoms with E-state index >= 15 is 0 Å². The molecule has 0 radical (unpaired) electrons. The second-order valence-corrected chi connectivity index (χ2v) is 6.69. The number of ether oxygens (including phenoxy) is 1. The molecule has 3 N–H and O–H groups in total. The van der Waals surface area contributed by atoms with Gasteiger partial charge in [-0.2, -0.15) is 26.3 Å². The van der Waals surface area contributed by atoms with E-state index < -0.39 is 47.7 Å². The third-order valence-corrected chi connectivity index (χ3v) is 4.45. The Kier molecular flexibility index (Phi) is 7.28. The highest BCUT2D eigenvalue weighted by atomic mass is 35.5. The lowest BCUT2D eigenvalue weighted by Crippen LogP contribution is -2.34. The standard InChI is InChI=1S/C20H16F6N2O2.ClH/c21-19(22,23)13-5-11(6-14(8-13)20(24,25)26)10-30-18(29)16(27)7-12-9-28-17-4-2-1-3-15(12)17;/h1-6,8-9,16,28H,7,10,27H2;1H. The first-order valence-electron chi connectivity index (χ1n) is 8.70. The van der Waals surface area contributed by atoms with Gasteiger partial charge in [-0.05, 0) is 35.4 Å². The predicted molar refractivity (Wildman–Crippen MR) is 103 cm³/mol. The Hall–Kier alpha value is -2.72. The zero-order valence-electron chi connectivity index (χ0n) is 15.7. The summed E-state index contributed by atoms with van der Waals surface area (Å²) < 4.78 is 82.3. The Morgan fingerprint density at radius 3 is 2.16 bits per heavy atom. The van der Waals surface area contributed by atoms with E-state index in [9.17, 15) is 31.1 Å². The van der Waals surface area contributed by atoms with Gasteiger partial charge < -0.3 is 15.5 Å². The first kappa shape index (κ1) is 24.5. The van der Waals surface area contributed by atoms with Crippen LogP contribution >= 0.6 is 12.4 Å². The zero-order valence-corrected chi connectivity index (χ0v) is 16.5. The molecular formula is C20H17ClF6N2O2. The van der Waals surface area contributed by atoms with E-state index in [0.29, 0.717) is 12.1 Å². The molecule has 1 unspecified atom stereocenters. The molecule has 0 spiro atoms. The molecular weight excluding hydrogens is 450 g/mol. The summed E-state index contributed by atoms with van der Waals surface area (Å²) in [6.07, 6.45) is -8.21. The fourth-order valence-electron chi connectivity index (χ4n) is 2.98. The van der Waals surface area contributed by atoms with Crippen LogP contribution in [0.2, 0.25) is 0 Å². The van der Waals surface area contributed by atoms with E-state index in [1.54, 1.807) is 12.3 Å². The third kappa shape index (κ3) is 5.92. The van der Waals surface area contributed by atoms with Crippen molar-refractivity contribution >= 4 is 29.3 Å². The molecule has 11 heteroatoms. The highest BCUT2D eigenvalue weighted by molar-refractivity contribution is 5.85.